The summed E-state index contributed by atoms with van der Waals surface area (Å²) in [5.41, 5.74) is 2.54. The maximum absolute atomic E-state index is 13.7. The first-order valence-corrected chi connectivity index (χ1v) is 8.37. The number of amides is 1. The molecule has 0 atom stereocenters. The van der Waals surface area contributed by atoms with Gasteiger partial charge in [0, 0.05) is 12.2 Å². The van der Waals surface area contributed by atoms with Crippen LogP contribution in [-0.2, 0) is 16.6 Å². The van der Waals surface area contributed by atoms with Gasteiger partial charge in [-0.05, 0) is 48.6 Å². The summed E-state index contributed by atoms with van der Waals surface area (Å²) in [5.74, 6) is -0.117. The number of para-hydroxylation sites is 1. The van der Waals surface area contributed by atoms with E-state index in [0.29, 0.717) is 0 Å². The second-order valence-corrected chi connectivity index (χ2v) is 6.64. The first-order chi connectivity index (χ1) is 11.2. The predicted molar refractivity (Wildman–Crippen MR) is 89.0 cm³/mol. The molecule has 23 heavy (non-hydrogen) atoms. The van der Waals surface area contributed by atoms with E-state index in [-0.39, 0.29) is 11.7 Å². The van der Waals surface area contributed by atoms with Gasteiger partial charge in [0.25, 0.3) is 0 Å². The number of halogens is 1. The van der Waals surface area contributed by atoms with Crippen LogP contribution in [0.1, 0.15) is 36.8 Å². The highest BCUT2D eigenvalue weighted by Crippen LogP contribution is 2.44. The van der Waals surface area contributed by atoms with Crippen LogP contribution in [0.3, 0.4) is 0 Å². The molecule has 1 aliphatic carbocycles. The molecule has 1 heterocycles. The monoisotopic (exact) mass is 309 g/mol. The van der Waals surface area contributed by atoms with Gasteiger partial charge in [-0.15, -0.1) is 0 Å². The molecule has 0 spiro atoms. The molecule has 4 rings (SSSR count). The van der Waals surface area contributed by atoms with Crippen molar-refractivity contribution >= 4 is 11.6 Å². The summed E-state index contributed by atoms with van der Waals surface area (Å²) >= 11 is 0. The smallest absolute Gasteiger partial charge is 0.237 e. The first-order valence-electron chi connectivity index (χ1n) is 8.37. The maximum atomic E-state index is 13.7. The number of nitrogens with zero attached hydrogens (tertiary/aromatic N) is 1. The number of hydrogen-bond acceptors (Lipinski definition) is 1. The number of rotatable bonds is 2. The topological polar surface area (TPSA) is 20.3 Å². The van der Waals surface area contributed by atoms with Gasteiger partial charge >= 0.3 is 0 Å². The van der Waals surface area contributed by atoms with Crippen LogP contribution < -0.4 is 4.90 Å². The van der Waals surface area contributed by atoms with Crippen LogP contribution in [0.25, 0.3) is 0 Å². The van der Waals surface area contributed by atoms with E-state index in [1.807, 2.05) is 29.2 Å². The van der Waals surface area contributed by atoms with Gasteiger partial charge in [-0.3, -0.25) is 4.79 Å². The van der Waals surface area contributed by atoms with E-state index in [0.717, 1.165) is 49.9 Å². The first kappa shape index (κ1) is 14.4. The molecule has 1 saturated carbocycles. The van der Waals surface area contributed by atoms with Gasteiger partial charge in [-0.2, -0.15) is 0 Å². The molecule has 2 nitrogen and oxygen atoms in total. The zero-order valence-corrected chi connectivity index (χ0v) is 13.1. The van der Waals surface area contributed by atoms with Crippen molar-refractivity contribution in [2.45, 2.75) is 37.5 Å². The van der Waals surface area contributed by atoms with Crippen LogP contribution in [0.4, 0.5) is 10.1 Å². The number of fused-ring (bicyclic) bond motifs is 1. The third-order valence-electron chi connectivity index (χ3n) is 5.38. The van der Waals surface area contributed by atoms with E-state index in [9.17, 15) is 9.18 Å². The number of carbonyl (C=O) groups excluding carboxylic acids is 1. The Bertz CT molecular complexity index is 749. The Hall–Kier alpha value is -2.16. The number of carbonyl (C=O) groups is 1. The van der Waals surface area contributed by atoms with Crippen molar-refractivity contribution in [1.82, 2.24) is 0 Å². The average molecular weight is 309 g/mol. The molecule has 0 radical (unpaired) electrons. The van der Waals surface area contributed by atoms with Crippen LogP contribution >= 0.6 is 0 Å². The maximum Gasteiger partial charge on any atom is 0.237 e. The Morgan fingerprint density at radius 2 is 1.83 bits per heavy atom. The lowest BCUT2D eigenvalue weighted by atomic mass is 9.77. The second-order valence-electron chi connectivity index (χ2n) is 6.64. The third-order valence-corrected chi connectivity index (χ3v) is 5.38. The summed E-state index contributed by atoms with van der Waals surface area (Å²) in [6, 6.07) is 14.7. The van der Waals surface area contributed by atoms with Gasteiger partial charge in [-0.25, -0.2) is 4.39 Å². The fourth-order valence-electron chi connectivity index (χ4n) is 4.20. The Morgan fingerprint density at radius 1 is 1.04 bits per heavy atom. The molecule has 0 unspecified atom stereocenters. The molecular weight excluding hydrogens is 289 g/mol. The van der Waals surface area contributed by atoms with Gasteiger partial charge in [0.15, 0.2) is 0 Å². The highest BCUT2D eigenvalue weighted by atomic mass is 19.1. The fourth-order valence-corrected chi connectivity index (χ4v) is 4.20. The molecule has 2 aromatic rings. The normalized spacial score (nSPS) is 18.9. The summed E-state index contributed by atoms with van der Waals surface area (Å²) in [6.45, 7) is 0.731. The minimum atomic E-state index is -0.556. The minimum absolute atomic E-state index is 0.144. The SMILES string of the molecule is O=C(N1CCc2ccccc21)C1(c2cccc(F)c2)CCCC1. The van der Waals surface area contributed by atoms with E-state index in [2.05, 4.69) is 6.07 Å². The molecule has 118 valence electrons. The molecule has 1 fully saturated rings. The lowest BCUT2D eigenvalue weighted by molar-refractivity contribution is -0.123. The van der Waals surface area contributed by atoms with Crippen LogP contribution in [0.5, 0.6) is 0 Å². The Labute approximate surface area is 135 Å². The van der Waals surface area contributed by atoms with E-state index in [1.165, 1.54) is 11.6 Å². The largest absolute Gasteiger partial charge is 0.311 e. The zero-order valence-electron chi connectivity index (χ0n) is 13.1. The molecule has 1 amide bonds. The molecule has 1 aliphatic heterocycles. The molecule has 0 saturated heterocycles. The molecule has 3 heteroatoms. The van der Waals surface area contributed by atoms with Crippen LogP contribution in [0, 0.1) is 5.82 Å². The Morgan fingerprint density at radius 3 is 2.61 bits per heavy atom. The molecule has 0 aromatic heterocycles. The van der Waals surface area contributed by atoms with Crippen LogP contribution in [0.2, 0.25) is 0 Å². The third kappa shape index (κ3) is 2.26. The average Bonchev–Trinajstić information content (AvgIpc) is 3.22. The summed E-state index contributed by atoms with van der Waals surface area (Å²) in [5, 5.41) is 0. The molecule has 0 bridgehead atoms. The van der Waals surface area contributed by atoms with Crippen molar-refractivity contribution < 1.29 is 9.18 Å². The molecular formula is C20H20FNO. The van der Waals surface area contributed by atoms with Gasteiger partial charge in [-0.1, -0.05) is 43.2 Å². The molecule has 2 aliphatic rings. The highest BCUT2D eigenvalue weighted by Gasteiger charge is 2.46. The van der Waals surface area contributed by atoms with Gasteiger partial charge in [0.1, 0.15) is 5.82 Å². The summed E-state index contributed by atoms with van der Waals surface area (Å²) in [7, 11) is 0. The van der Waals surface area contributed by atoms with E-state index in [1.54, 1.807) is 12.1 Å². The van der Waals surface area contributed by atoms with Crippen molar-refractivity contribution in [3.05, 3.63) is 65.5 Å². The number of anilines is 1. The summed E-state index contributed by atoms with van der Waals surface area (Å²) in [4.78, 5) is 15.4. The van der Waals surface area contributed by atoms with Crippen LogP contribution in [-0.4, -0.2) is 12.5 Å². The predicted octanol–water partition coefficient (Wildman–Crippen LogP) is 4.23. The standard InChI is InChI=1S/C20H20FNO/c21-17-8-5-7-16(14-17)20(11-3-4-12-20)19(23)22-13-10-15-6-1-2-9-18(15)22/h1-2,5-9,14H,3-4,10-13H2. The van der Waals surface area contributed by atoms with Gasteiger partial charge in [0.2, 0.25) is 5.91 Å². The van der Waals surface area contributed by atoms with Crippen molar-refractivity contribution in [3.8, 4) is 0 Å². The number of hydrogen-bond donors (Lipinski definition) is 0. The summed E-state index contributed by atoms with van der Waals surface area (Å²) in [6.07, 6.45) is 4.58. The molecule has 2 aromatic carbocycles. The fraction of sp³-hybridized carbons (Fsp3) is 0.350. The van der Waals surface area contributed by atoms with Gasteiger partial charge in [0.05, 0.1) is 5.41 Å². The Kier molecular flexibility index (Phi) is 3.44. The van der Waals surface area contributed by atoms with Crippen LogP contribution in [0.15, 0.2) is 48.5 Å². The quantitative estimate of drug-likeness (QED) is 0.813. The lowest BCUT2D eigenvalue weighted by Crippen LogP contribution is -2.45. The highest BCUT2D eigenvalue weighted by molar-refractivity contribution is 6.02. The zero-order chi connectivity index (χ0) is 15.9. The lowest BCUT2D eigenvalue weighted by Gasteiger charge is -2.33. The minimum Gasteiger partial charge on any atom is -0.311 e. The Balaban J connectivity index is 1.76. The van der Waals surface area contributed by atoms with Gasteiger partial charge < -0.3 is 4.90 Å². The van der Waals surface area contributed by atoms with Crippen molar-refractivity contribution in [2.75, 3.05) is 11.4 Å². The van der Waals surface area contributed by atoms with E-state index in [4.69, 9.17) is 0 Å². The van der Waals surface area contributed by atoms with Crippen molar-refractivity contribution in [2.24, 2.45) is 0 Å². The molecule has 0 N–H and O–H groups in total. The summed E-state index contributed by atoms with van der Waals surface area (Å²) < 4.78 is 13.7. The van der Waals surface area contributed by atoms with Crippen molar-refractivity contribution in [3.63, 3.8) is 0 Å². The second kappa shape index (κ2) is 5.48. The number of benzene rings is 2. The van der Waals surface area contributed by atoms with E-state index < -0.39 is 5.41 Å². The van der Waals surface area contributed by atoms with E-state index >= 15 is 0 Å². The van der Waals surface area contributed by atoms with Crippen molar-refractivity contribution in [1.29, 1.82) is 0 Å².